The minimum absolute atomic E-state index is 0.0677. The van der Waals surface area contributed by atoms with Crippen LogP contribution in [-0.2, 0) is 16.4 Å². The third-order valence-corrected chi connectivity index (χ3v) is 5.16. The lowest BCUT2D eigenvalue weighted by Crippen LogP contribution is -2.35. The van der Waals surface area contributed by atoms with E-state index in [1.54, 1.807) is 12.1 Å². The molecular weight excluding hydrogens is 391 g/mol. The van der Waals surface area contributed by atoms with Crippen LogP contribution in [0.4, 0.5) is 13.2 Å². The second-order valence-electron chi connectivity index (χ2n) is 7.26. The number of Topliss-reactive ketones (excluding diaryl/α,β-unsaturated/α-hetero) is 1. The van der Waals surface area contributed by atoms with Gasteiger partial charge < -0.3 is 9.90 Å². The minimum atomic E-state index is -4.53. The van der Waals surface area contributed by atoms with Gasteiger partial charge in [0.2, 0.25) is 0 Å². The highest BCUT2D eigenvalue weighted by molar-refractivity contribution is 8.00. The maximum Gasteiger partial charge on any atom is 0.417 e. The van der Waals surface area contributed by atoms with Gasteiger partial charge in [0.05, 0.1) is 21.8 Å². The molecule has 0 aliphatic carbocycles. The number of hydrogen-bond acceptors (Lipinski definition) is 5. The predicted molar refractivity (Wildman–Crippen MR) is 98.0 cm³/mol. The Morgan fingerprint density at radius 1 is 1.04 bits per heavy atom. The number of pyridine rings is 1. The molecule has 2 aromatic rings. The maximum atomic E-state index is 12.6. The number of halogens is 3. The molecule has 0 fully saturated rings. The first kappa shape index (κ1) is 21.9. The van der Waals surface area contributed by atoms with Crippen molar-refractivity contribution in [3.63, 3.8) is 0 Å². The number of carbonyl (C=O) groups excluding carboxylic acids is 2. The van der Waals surface area contributed by atoms with Gasteiger partial charge in [0.15, 0.2) is 5.78 Å². The molecule has 0 saturated carbocycles. The third-order valence-electron chi connectivity index (χ3n) is 4.03. The van der Waals surface area contributed by atoms with Gasteiger partial charge in [-0.25, -0.2) is 4.98 Å². The van der Waals surface area contributed by atoms with Crippen molar-refractivity contribution in [1.29, 1.82) is 0 Å². The molecule has 0 spiro atoms. The predicted octanol–water partition coefficient (Wildman–Crippen LogP) is 3.88. The van der Waals surface area contributed by atoms with Crippen molar-refractivity contribution >= 4 is 23.5 Å². The molecule has 8 heteroatoms. The molecule has 0 unspecified atom stereocenters. The number of benzene rings is 1. The lowest BCUT2D eigenvalue weighted by Gasteiger charge is -2.19. The molecule has 0 bridgehead atoms. The summed E-state index contributed by atoms with van der Waals surface area (Å²) >= 11 is 0.685. The van der Waals surface area contributed by atoms with Crippen LogP contribution in [0.5, 0.6) is 0 Å². The summed E-state index contributed by atoms with van der Waals surface area (Å²) in [5, 5.41) is 10.2. The SMILES string of the molecule is CC(C)(C)c1ccc(C(=O)C[C@@H](Sc2ccc(C(F)(F)F)cn2)C(=O)[O-])cc1. The van der Waals surface area contributed by atoms with E-state index in [1.165, 1.54) is 0 Å². The zero-order valence-corrected chi connectivity index (χ0v) is 16.4. The summed E-state index contributed by atoms with van der Waals surface area (Å²) in [6.07, 6.45) is -4.26. The number of aliphatic carboxylic acids is 1. The Hall–Kier alpha value is -2.35. The van der Waals surface area contributed by atoms with Crippen molar-refractivity contribution in [3.8, 4) is 0 Å². The largest absolute Gasteiger partial charge is 0.549 e. The van der Waals surface area contributed by atoms with Crippen LogP contribution >= 0.6 is 11.8 Å². The number of carboxylic acid groups (broad SMARTS) is 1. The van der Waals surface area contributed by atoms with E-state index < -0.39 is 28.7 Å². The lowest BCUT2D eigenvalue weighted by molar-refractivity contribution is -0.304. The average Bonchev–Trinajstić information content (AvgIpc) is 2.60. The Morgan fingerprint density at radius 2 is 1.61 bits per heavy atom. The smallest absolute Gasteiger partial charge is 0.417 e. The van der Waals surface area contributed by atoms with Crippen molar-refractivity contribution < 1.29 is 27.9 Å². The molecule has 0 aliphatic rings. The second-order valence-corrected chi connectivity index (χ2v) is 8.49. The number of nitrogens with zero attached hydrogens (tertiary/aromatic N) is 1. The van der Waals surface area contributed by atoms with Crippen LogP contribution in [0.15, 0.2) is 47.6 Å². The van der Waals surface area contributed by atoms with E-state index in [-0.39, 0.29) is 16.9 Å². The number of ketones is 1. The number of carbonyl (C=O) groups is 2. The Kier molecular flexibility index (Phi) is 6.54. The summed E-state index contributed by atoms with van der Waals surface area (Å²) in [5.74, 6) is -1.87. The van der Waals surface area contributed by atoms with E-state index in [4.69, 9.17) is 0 Å². The fourth-order valence-corrected chi connectivity index (χ4v) is 3.26. The average molecular weight is 410 g/mol. The van der Waals surface area contributed by atoms with Crippen LogP contribution in [0.2, 0.25) is 0 Å². The van der Waals surface area contributed by atoms with Gasteiger partial charge in [0.25, 0.3) is 0 Å². The summed E-state index contributed by atoms with van der Waals surface area (Å²) in [7, 11) is 0. The molecule has 1 aromatic carbocycles. The number of rotatable bonds is 6. The molecule has 0 amide bonds. The third kappa shape index (κ3) is 5.82. The zero-order chi connectivity index (χ0) is 21.1. The first-order chi connectivity index (χ1) is 12.9. The van der Waals surface area contributed by atoms with Gasteiger partial charge in [-0.1, -0.05) is 56.8 Å². The quantitative estimate of drug-likeness (QED) is 0.534. The molecule has 150 valence electrons. The highest BCUT2D eigenvalue weighted by Gasteiger charge is 2.31. The summed E-state index contributed by atoms with van der Waals surface area (Å²) in [6, 6.07) is 8.78. The number of hydrogen-bond donors (Lipinski definition) is 0. The van der Waals surface area contributed by atoms with Crippen LogP contribution in [-0.4, -0.2) is 22.0 Å². The molecule has 0 radical (unpaired) electrons. The van der Waals surface area contributed by atoms with Crippen LogP contribution < -0.4 is 5.11 Å². The normalized spacial score (nSPS) is 13.2. The first-order valence-electron chi connectivity index (χ1n) is 8.42. The van der Waals surface area contributed by atoms with Gasteiger partial charge >= 0.3 is 6.18 Å². The molecule has 2 rings (SSSR count). The van der Waals surface area contributed by atoms with Crippen molar-refractivity contribution in [2.75, 3.05) is 0 Å². The zero-order valence-electron chi connectivity index (χ0n) is 15.5. The number of aromatic nitrogens is 1. The maximum absolute atomic E-state index is 12.6. The van der Waals surface area contributed by atoms with Gasteiger partial charge in [0.1, 0.15) is 0 Å². The highest BCUT2D eigenvalue weighted by Crippen LogP contribution is 2.31. The Morgan fingerprint density at radius 3 is 2.04 bits per heavy atom. The summed E-state index contributed by atoms with van der Waals surface area (Å²) in [5.41, 5.74) is 0.375. The molecular formula is C20H19F3NO3S-. The second kappa shape index (κ2) is 8.34. The molecule has 0 saturated heterocycles. The van der Waals surface area contributed by atoms with E-state index in [2.05, 4.69) is 4.98 Å². The topological polar surface area (TPSA) is 70.1 Å². The summed E-state index contributed by atoms with van der Waals surface area (Å²) in [4.78, 5) is 27.4. The molecule has 1 atom stereocenters. The van der Waals surface area contributed by atoms with E-state index in [1.807, 2.05) is 32.9 Å². The fraction of sp³-hybridized carbons (Fsp3) is 0.350. The Bertz CT molecular complexity index is 841. The van der Waals surface area contributed by atoms with Crippen molar-refractivity contribution in [3.05, 3.63) is 59.3 Å². The Balaban J connectivity index is 2.10. The van der Waals surface area contributed by atoms with Gasteiger partial charge in [0, 0.05) is 18.2 Å². The van der Waals surface area contributed by atoms with Gasteiger partial charge in [-0.2, -0.15) is 13.2 Å². The van der Waals surface area contributed by atoms with Gasteiger partial charge in [-0.3, -0.25) is 4.79 Å². The minimum Gasteiger partial charge on any atom is -0.549 e. The van der Waals surface area contributed by atoms with E-state index in [0.717, 1.165) is 17.7 Å². The molecule has 0 aliphatic heterocycles. The highest BCUT2D eigenvalue weighted by atomic mass is 32.2. The molecule has 1 heterocycles. The lowest BCUT2D eigenvalue weighted by atomic mass is 9.86. The van der Waals surface area contributed by atoms with Crippen LogP contribution in [0.1, 0.15) is 48.7 Å². The Labute approximate surface area is 165 Å². The van der Waals surface area contributed by atoms with E-state index in [9.17, 15) is 27.9 Å². The van der Waals surface area contributed by atoms with Gasteiger partial charge in [-0.05, 0) is 23.1 Å². The number of alkyl halides is 3. The molecule has 4 nitrogen and oxygen atoms in total. The standard InChI is InChI=1S/C20H20F3NO3S/c1-19(2,3)13-6-4-12(5-7-13)15(25)10-16(18(26)27)28-17-9-8-14(11-24-17)20(21,22)23/h4-9,11,16H,10H2,1-3H3,(H,26,27)/p-1/t16-/m1/s1. The van der Waals surface area contributed by atoms with Crippen molar-refractivity contribution in [2.45, 2.75) is 49.1 Å². The van der Waals surface area contributed by atoms with E-state index >= 15 is 0 Å². The fourth-order valence-electron chi connectivity index (χ4n) is 2.38. The van der Waals surface area contributed by atoms with Gasteiger partial charge in [-0.15, -0.1) is 0 Å². The van der Waals surface area contributed by atoms with Crippen molar-refractivity contribution in [2.24, 2.45) is 0 Å². The first-order valence-corrected chi connectivity index (χ1v) is 9.30. The number of carboxylic acids is 1. The molecule has 1 aromatic heterocycles. The van der Waals surface area contributed by atoms with Crippen LogP contribution in [0, 0.1) is 0 Å². The summed E-state index contributed by atoms with van der Waals surface area (Å²) in [6.45, 7) is 6.09. The van der Waals surface area contributed by atoms with E-state index in [0.29, 0.717) is 23.5 Å². The summed E-state index contributed by atoms with van der Waals surface area (Å²) < 4.78 is 37.7. The molecule has 0 N–H and O–H groups in total. The number of thioether (sulfide) groups is 1. The van der Waals surface area contributed by atoms with Crippen LogP contribution in [0.25, 0.3) is 0 Å². The molecule has 28 heavy (non-hydrogen) atoms. The van der Waals surface area contributed by atoms with Crippen molar-refractivity contribution in [1.82, 2.24) is 4.98 Å². The monoisotopic (exact) mass is 410 g/mol. The van der Waals surface area contributed by atoms with Crippen LogP contribution in [0.3, 0.4) is 0 Å².